The van der Waals surface area contributed by atoms with Gasteiger partial charge in [-0.25, -0.2) is 4.79 Å². The zero-order valence-electron chi connectivity index (χ0n) is 12.0. The molecule has 1 atom stereocenters. The quantitative estimate of drug-likeness (QED) is 0.910. The minimum Gasteiger partial charge on any atom is -0.334 e. The number of para-hydroxylation sites is 1. The van der Waals surface area contributed by atoms with Gasteiger partial charge in [0.2, 0.25) is 5.91 Å². The van der Waals surface area contributed by atoms with Crippen molar-refractivity contribution in [2.45, 2.75) is 19.0 Å². The van der Waals surface area contributed by atoms with Crippen LogP contribution in [0.3, 0.4) is 0 Å². The van der Waals surface area contributed by atoms with Gasteiger partial charge in [0, 0.05) is 18.8 Å². The van der Waals surface area contributed by atoms with E-state index in [2.05, 4.69) is 10.6 Å². The lowest BCUT2D eigenvalue weighted by Gasteiger charge is -2.17. The molecule has 2 N–H and O–H groups in total. The Morgan fingerprint density at radius 2 is 2.09 bits per heavy atom. The Kier molecular flexibility index (Phi) is 4.39. The average Bonchev–Trinajstić information content (AvgIpc) is 3.17. The molecule has 1 aliphatic rings. The molecule has 2 heterocycles. The van der Waals surface area contributed by atoms with Gasteiger partial charge in [0.05, 0.1) is 0 Å². The molecule has 1 aliphatic heterocycles. The standard InChI is InChI=1S/C16H17N3O2S/c20-15-14(6-8-19(15)13-4-2-1-3-5-13)18-16(21)17-10-12-7-9-22-11-12/h1-5,7,9,11,14H,6,8,10H2,(H2,17,18,21)/t14-/m0/s1. The lowest BCUT2D eigenvalue weighted by Crippen LogP contribution is -2.45. The molecule has 0 aliphatic carbocycles. The molecule has 0 unspecified atom stereocenters. The van der Waals surface area contributed by atoms with Gasteiger partial charge in [-0.2, -0.15) is 11.3 Å². The van der Waals surface area contributed by atoms with Crippen molar-refractivity contribution in [3.63, 3.8) is 0 Å². The fraction of sp³-hybridized carbons (Fsp3) is 0.250. The molecule has 1 fully saturated rings. The number of carbonyl (C=O) groups is 2. The third-order valence-electron chi connectivity index (χ3n) is 3.61. The summed E-state index contributed by atoms with van der Waals surface area (Å²) in [5, 5.41) is 9.48. The molecule has 3 rings (SSSR count). The molecule has 6 heteroatoms. The van der Waals surface area contributed by atoms with Crippen LogP contribution in [0.4, 0.5) is 10.5 Å². The average molecular weight is 315 g/mol. The molecule has 1 aromatic carbocycles. The number of thiophene rings is 1. The van der Waals surface area contributed by atoms with Crippen LogP contribution in [0, 0.1) is 0 Å². The van der Waals surface area contributed by atoms with Crippen molar-refractivity contribution >= 4 is 29.0 Å². The van der Waals surface area contributed by atoms with Crippen molar-refractivity contribution in [3.05, 3.63) is 52.7 Å². The second-order valence-electron chi connectivity index (χ2n) is 5.13. The number of benzene rings is 1. The summed E-state index contributed by atoms with van der Waals surface area (Å²) in [6, 6.07) is 10.7. The van der Waals surface area contributed by atoms with Gasteiger partial charge >= 0.3 is 6.03 Å². The van der Waals surface area contributed by atoms with E-state index in [1.165, 1.54) is 0 Å². The highest BCUT2D eigenvalue weighted by atomic mass is 32.1. The Labute approximate surface area is 132 Å². The smallest absolute Gasteiger partial charge is 0.315 e. The highest BCUT2D eigenvalue weighted by Gasteiger charge is 2.33. The maximum Gasteiger partial charge on any atom is 0.315 e. The summed E-state index contributed by atoms with van der Waals surface area (Å²) in [4.78, 5) is 26.0. The van der Waals surface area contributed by atoms with E-state index in [1.54, 1.807) is 16.2 Å². The first-order chi connectivity index (χ1) is 10.7. The zero-order valence-corrected chi connectivity index (χ0v) is 12.8. The van der Waals surface area contributed by atoms with Crippen LogP contribution in [-0.4, -0.2) is 24.5 Å². The Balaban J connectivity index is 1.53. The maximum absolute atomic E-state index is 12.4. The van der Waals surface area contributed by atoms with Crippen LogP contribution < -0.4 is 15.5 Å². The van der Waals surface area contributed by atoms with E-state index in [-0.39, 0.29) is 11.9 Å². The first-order valence-electron chi connectivity index (χ1n) is 7.16. The molecule has 2 aromatic rings. The van der Waals surface area contributed by atoms with E-state index in [0.717, 1.165) is 11.3 Å². The second-order valence-corrected chi connectivity index (χ2v) is 5.91. The molecule has 22 heavy (non-hydrogen) atoms. The lowest BCUT2D eigenvalue weighted by molar-refractivity contribution is -0.118. The molecule has 0 radical (unpaired) electrons. The van der Waals surface area contributed by atoms with Gasteiger partial charge in [-0.15, -0.1) is 0 Å². The highest BCUT2D eigenvalue weighted by Crippen LogP contribution is 2.20. The van der Waals surface area contributed by atoms with Gasteiger partial charge < -0.3 is 15.5 Å². The minimum atomic E-state index is -0.456. The van der Waals surface area contributed by atoms with Crippen LogP contribution >= 0.6 is 11.3 Å². The summed E-state index contributed by atoms with van der Waals surface area (Å²) in [6.45, 7) is 1.09. The number of nitrogens with zero attached hydrogens (tertiary/aromatic N) is 1. The van der Waals surface area contributed by atoms with E-state index in [9.17, 15) is 9.59 Å². The predicted molar refractivity (Wildman–Crippen MR) is 86.9 cm³/mol. The van der Waals surface area contributed by atoms with Crippen molar-refractivity contribution in [1.82, 2.24) is 10.6 Å². The van der Waals surface area contributed by atoms with Crippen LogP contribution in [0.2, 0.25) is 0 Å². The second kappa shape index (κ2) is 6.62. The van der Waals surface area contributed by atoms with Gasteiger partial charge in [0.25, 0.3) is 0 Å². The van der Waals surface area contributed by atoms with Crippen LogP contribution in [0.5, 0.6) is 0 Å². The van der Waals surface area contributed by atoms with Gasteiger partial charge in [-0.3, -0.25) is 4.79 Å². The Hall–Kier alpha value is -2.34. The largest absolute Gasteiger partial charge is 0.334 e. The van der Waals surface area contributed by atoms with Crippen molar-refractivity contribution in [2.24, 2.45) is 0 Å². The third-order valence-corrected chi connectivity index (χ3v) is 4.34. The summed E-state index contributed by atoms with van der Waals surface area (Å²) < 4.78 is 0. The van der Waals surface area contributed by atoms with Crippen LogP contribution in [0.15, 0.2) is 47.2 Å². The molecular formula is C16H17N3O2S. The molecule has 5 nitrogen and oxygen atoms in total. The number of urea groups is 1. The molecule has 114 valence electrons. The molecule has 0 spiro atoms. The number of carbonyl (C=O) groups excluding carboxylic acids is 2. The third kappa shape index (κ3) is 3.28. The summed E-state index contributed by atoms with van der Waals surface area (Å²) in [5.41, 5.74) is 1.93. The SMILES string of the molecule is O=C(NCc1ccsc1)N[C@H]1CCN(c2ccccc2)C1=O. The van der Waals surface area contributed by atoms with Crippen molar-refractivity contribution in [3.8, 4) is 0 Å². The van der Waals surface area contributed by atoms with E-state index < -0.39 is 6.04 Å². The molecule has 0 saturated carbocycles. The topological polar surface area (TPSA) is 61.4 Å². The van der Waals surface area contributed by atoms with Crippen molar-refractivity contribution in [1.29, 1.82) is 0 Å². The monoisotopic (exact) mass is 315 g/mol. The van der Waals surface area contributed by atoms with Crippen molar-refractivity contribution in [2.75, 3.05) is 11.4 Å². The fourth-order valence-corrected chi connectivity index (χ4v) is 3.13. The molecule has 1 saturated heterocycles. The number of hydrogen-bond donors (Lipinski definition) is 2. The lowest BCUT2D eigenvalue weighted by atomic mass is 10.2. The first kappa shape index (κ1) is 14.6. The van der Waals surface area contributed by atoms with Gasteiger partial charge in [0.15, 0.2) is 0 Å². The molecular weight excluding hydrogens is 298 g/mol. The van der Waals surface area contributed by atoms with Gasteiger partial charge in [-0.1, -0.05) is 18.2 Å². The van der Waals surface area contributed by atoms with Gasteiger partial charge in [-0.05, 0) is 40.9 Å². The van der Waals surface area contributed by atoms with Crippen LogP contribution in [-0.2, 0) is 11.3 Å². The molecule has 3 amide bonds. The van der Waals surface area contributed by atoms with Crippen LogP contribution in [0.1, 0.15) is 12.0 Å². The first-order valence-corrected chi connectivity index (χ1v) is 8.10. The summed E-state index contributed by atoms with van der Waals surface area (Å²) >= 11 is 1.59. The number of nitrogens with one attached hydrogen (secondary N) is 2. The summed E-state index contributed by atoms with van der Waals surface area (Å²) in [6.07, 6.45) is 0.625. The Morgan fingerprint density at radius 3 is 2.82 bits per heavy atom. The number of hydrogen-bond acceptors (Lipinski definition) is 3. The van der Waals surface area contributed by atoms with Crippen molar-refractivity contribution < 1.29 is 9.59 Å². The Bertz CT molecular complexity index is 643. The van der Waals surface area contributed by atoms with E-state index in [0.29, 0.717) is 19.5 Å². The highest BCUT2D eigenvalue weighted by molar-refractivity contribution is 7.07. The summed E-state index contributed by atoms with van der Waals surface area (Å²) in [5.74, 6) is -0.0584. The minimum absolute atomic E-state index is 0.0584. The van der Waals surface area contributed by atoms with E-state index in [4.69, 9.17) is 0 Å². The summed E-state index contributed by atoms with van der Waals surface area (Å²) in [7, 11) is 0. The van der Waals surface area contributed by atoms with E-state index in [1.807, 2.05) is 47.2 Å². The molecule has 0 bridgehead atoms. The maximum atomic E-state index is 12.4. The van der Waals surface area contributed by atoms with Crippen LogP contribution in [0.25, 0.3) is 0 Å². The normalized spacial score (nSPS) is 17.5. The fourth-order valence-electron chi connectivity index (χ4n) is 2.46. The molecule has 1 aromatic heterocycles. The Morgan fingerprint density at radius 1 is 1.27 bits per heavy atom. The number of rotatable bonds is 4. The van der Waals surface area contributed by atoms with Gasteiger partial charge in [0.1, 0.15) is 6.04 Å². The predicted octanol–water partition coefficient (Wildman–Crippen LogP) is 2.35. The zero-order chi connectivity index (χ0) is 15.4. The number of amides is 3. The van der Waals surface area contributed by atoms with E-state index >= 15 is 0 Å². The number of anilines is 1.